The van der Waals surface area contributed by atoms with E-state index < -0.39 is 0 Å². The Morgan fingerprint density at radius 1 is 1.37 bits per heavy atom. The molecule has 0 aliphatic rings. The maximum absolute atomic E-state index is 12.5. The van der Waals surface area contributed by atoms with Crippen LogP contribution < -0.4 is 5.32 Å². The fraction of sp³-hybridized carbons (Fsp3) is 0.286. The van der Waals surface area contributed by atoms with E-state index in [1.165, 1.54) is 6.92 Å². The molecular formula is C21H20ClN5O2S. The highest BCUT2D eigenvalue weighted by atomic mass is 35.5. The van der Waals surface area contributed by atoms with Gasteiger partial charge in [0, 0.05) is 30.1 Å². The summed E-state index contributed by atoms with van der Waals surface area (Å²) in [6.45, 7) is 5.74. The molecule has 0 spiro atoms. The Labute approximate surface area is 183 Å². The third-order valence-corrected chi connectivity index (χ3v) is 6.13. The molecule has 1 aromatic carbocycles. The molecule has 0 aliphatic carbocycles. The van der Waals surface area contributed by atoms with Gasteiger partial charge in [-0.05, 0) is 31.0 Å². The van der Waals surface area contributed by atoms with Gasteiger partial charge in [0.2, 0.25) is 0 Å². The third-order valence-electron chi connectivity index (χ3n) is 4.70. The summed E-state index contributed by atoms with van der Waals surface area (Å²) in [5.74, 6) is -0.471. The van der Waals surface area contributed by atoms with Crippen LogP contribution in [-0.4, -0.2) is 32.5 Å². The number of nitriles is 1. The van der Waals surface area contributed by atoms with Gasteiger partial charge in [-0.25, -0.2) is 4.98 Å². The maximum atomic E-state index is 12.5. The zero-order valence-electron chi connectivity index (χ0n) is 16.8. The Kier molecular flexibility index (Phi) is 6.65. The van der Waals surface area contributed by atoms with Crippen molar-refractivity contribution in [1.82, 2.24) is 20.1 Å². The highest BCUT2D eigenvalue weighted by Gasteiger charge is 2.18. The molecule has 0 saturated heterocycles. The van der Waals surface area contributed by atoms with Crippen LogP contribution in [0.15, 0.2) is 29.8 Å². The summed E-state index contributed by atoms with van der Waals surface area (Å²) in [4.78, 5) is 27.9. The molecule has 3 aromatic rings. The summed E-state index contributed by atoms with van der Waals surface area (Å²) < 4.78 is 1.76. The van der Waals surface area contributed by atoms with Crippen molar-refractivity contribution in [3.8, 4) is 17.3 Å². The van der Waals surface area contributed by atoms with Crippen molar-refractivity contribution < 1.29 is 9.59 Å². The monoisotopic (exact) mass is 441 g/mol. The number of ketones is 1. The van der Waals surface area contributed by atoms with E-state index in [4.69, 9.17) is 16.9 Å². The molecule has 9 heteroatoms. The van der Waals surface area contributed by atoms with E-state index in [1.54, 1.807) is 16.1 Å². The van der Waals surface area contributed by atoms with Crippen LogP contribution in [0.4, 0.5) is 0 Å². The number of carbonyl (C=O) groups excluding carboxylic acids is 2. The van der Waals surface area contributed by atoms with Crippen molar-refractivity contribution in [2.45, 2.75) is 39.8 Å². The average Bonchev–Trinajstić information content (AvgIpc) is 3.39. The first-order valence-corrected chi connectivity index (χ1v) is 10.6. The molecule has 1 atom stereocenters. The molecule has 2 aromatic heterocycles. The quantitative estimate of drug-likeness (QED) is 0.552. The Hall–Kier alpha value is -3.02. The Balaban J connectivity index is 1.72. The maximum Gasteiger partial charge on any atom is 0.271 e. The first-order chi connectivity index (χ1) is 14.3. The predicted molar refractivity (Wildman–Crippen MR) is 116 cm³/mol. The van der Waals surface area contributed by atoms with Gasteiger partial charge in [0.15, 0.2) is 10.8 Å². The first kappa shape index (κ1) is 21.7. The Morgan fingerprint density at radius 2 is 2.13 bits per heavy atom. The minimum atomic E-state index is -0.312. The summed E-state index contributed by atoms with van der Waals surface area (Å²) >= 11 is 7.43. The fourth-order valence-corrected chi connectivity index (χ4v) is 3.86. The van der Waals surface area contributed by atoms with Gasteiger partial charge in [0.05, 0.1) is 22.8 Å². The van der Waals surface area contributed by atoms with Crippen molar-refractivity contribution in [3.63, 3.8) is 0 Å². The minimum Gasteiger partial charge on any atom is -0.346 e. The number of thiazole rings is 1. The lowest BCUT2D eigenvalue weighted by molar-refractivity contribution is 0.0926. The van der Waals surface area contributed by atoms with E-state index in [1.807, 2.05) is 32.2 Å². The van der Waals surface area contributed by atoms with Crippen LogP contribution in [0.2, 0.25) is 5.02 Å². The van der Waals surface area contributed by atoms with Crippen LogP contribution in [0.25, 0.3) is 11.3 Å². The molecule has 0 fully saturated rings. The molecular weight excluding hydrogens is 422 g/mol. The molecule has 7 nitrogen and oxygen atoms in total. The number of halogens is 1. The van der Waals surface area contributed by atoms with E-state index in [-0.39, 0.29) is 23.4 Å². The fourth-order valence-electron chi connectivity index (χ4n) is 2.96. The van der Waals surface area contributed by atoms with Gasteiger partial charge in [0.25, 0.3) is 5.91 Å². The molecule has 0 radical (unpaired) electrons. The predicted octanol–water partition coefficient (Wildman–Crippen LogP) is 4.25. The van der Waals surface area contributed by atoms with E-state index in [9.17, 15) is 9.59 Å². The zero-order valence-corrected chi connectivity index (χ0v) is 18.3. The lowest BCUT2D eigenvalue weighted by Gasteiger charge is -2.16. The van der Waals surface area contributed by atoms with E-state index in [0.29, 0.717) is 28.6 Å². The molecule has 0 saturated carbocycles. The minimum absolute atomic E-state index is 0.154. The van der Waals surface area contributed by atoms with Crippen molar-refractivity contribution in [1.29, 1.82) is 5.26 Å². The second kappa shape index (κ2) is 9.20. The molecule has 154 valence electrons. The van der Waals surface area contributed by atoms with Gasteiger partial charge in [-0.2, -0.15) is 10.4 Å². The molecule has 0 aliphatic heterocycles. The van der Waals surface area contributed by atoms with Gasteiger partial charge in [-0.3, -0.25) is 14.3 Å². The van der Waals surface area contributed by atoms with Crippen molar-refractivity contribution in [2.75, 3.05) is 0 Å². The number of aromatic nitrogens is 3. The van der Waals surface area contributed by atoms with Crippen molar-refractivity contribution in [3.05, 3.63) is 56.6 Å². The lowest BCUT2D eigenvalue weighted by atomic mass is 10.0. The van der Waals surface area contributed by atoms with E-state index >= 15 is 0 Å². The number of carbonyl (C=O) groups is 2. The Morgan fingerprint density at radius 3 is 2.77 bits per heavy atom. The molecule has 2 heterocycles. The van der Waals surface area contributed by atoms with Gasteiger partial charge >= 0.3 is 0 Å². The van der Waals surface area contributed by atoms with Crippen molar-refractivity contribution >= 4 is 34.6 Å². The van der Waals surface area contributed by atoms with Crippen LogP contribution in [-0.2, 0) is 6.54 Å². The summed E-state index contributed by atoms with van der Waals surface area (Å²) in [6, 6.07) is 7.31. The standard InChI is InChI=1S/C21H20ClN5O2S/c1-4-15(24-20(29)18-11-30-21(25-18)13(3)28)10-27-8-7-17(26-27)16-6-5-14(9-23)19(22)12(16)2/h5-8,11,15H,4,10H2,1-3H3,(H,24,29)/t15-/m1/s1. The number of amides is 1. The van der Waals surface area contributed by atoms with Crippen LogP contribution in [0.1, 0.15) is 51.7 Å². The number of hydrogen-bond donors (Lipinski definition) is 1. The molecule has 1 amide bonds. The summed E-state index contributed by atoms with van der Waals surface area (Å²) in [5.41, 5.74) is 3.07. The Bertz CT molecular complexity index is 1140. The smallest absolute Gasteiger partial charge is 0.271 e. The number of nitrogens with zero attached hydrogens (tertiary/aromatic N) is 4. The largest absolute Gasteiger partial charge is 0.346 e. The van der Waals surface area contributed by atoms with Gasteiger partial charge in [-0.15, -0.1) is 11.3 Å². The second-order valence-corrected chi connectivity index (χ2v) is 8.04. The number of nitrogens with one attached hydrogen (secondary N) is 1. The van der Waals surface area contributed by atoms with E-state index in [0.717, 1.165) is 28.2 Å². The lowest BCUT2D eigenvalue weighted by Crippen LogP contribution is -2.37. The van der Waals surface area contributed by atoms with Gasteiger partial charge in [-0.1, -0.05) is 24.6 Å². The highest BCUT2D eigenvalue weighted by Crippen LogP contribution is 2.30. The normalized spacial score (nSPS) is 11.7. The van der Waals surface area contributed by atoms with Crippen LogP contribution in [0.5, 0.6) is 0 Å². The van der Waals surface area contributed by atoms with Crippen molar-refractivity contribution in [2.24, 2.45) is 0 Å². The summed E-state index contributed by atoms with van der Waals surface area (Å²) in [6.07, 6.45) is 2.54. The number of hydrogen-bond acceptors (Lipinski definition) is 6. The average molecular weight is 442 g/mol. The zero-order chi connectivity index (χ0) is 21.8. The van der Waals surface area contributed by atoms with Gasteiger partial charge < -0.3 is 5.32 Å². The molecule has 3 rings (SSSR count). The number of Topliss-reactive ketones (excluding diaryl/α,β-unsaturated/α-hetero) is 1. The van der Waals surface area contributed by atoms with Gasteiger partial charge in [0.1, 0.15) is 11.8 Å². The van der Waals surface area contributed by atoms with Crippen LogP contribution in [0.3, 0.4) is 0 Å². The third kappa shape index (κ3) is 4.58. The summed E-state index contributed by atoms with van der Waals surface area (Å²) in [5, 5.41) is 19.0. The molecule has 1 N–H and O–H groups in total. The van der Waals surface area contributed by atoms with Crippen LogP contribution >= 0.6 is 22.9 Å². The van der Waals surface area contributed by atoms with E-state index in [2.05, 4.69) is 21.5 Å². The SMILES string of the molecule is CC[C@H](Cn1ccc(-c2ccc(C#N)c(Cl)c2C)n1)NC(=O)c1csc(C(C)=O)n1. The summed E-state index contributed by atoms with van der Waals surface area (Å²) in [7, 11) is 0. The molecule has 0 bridgehead atoms. The molecule has 0 unspecified atom stereocenters. The second-order valence-electron chi connectivity index (χ2n) is 6.81. The highest BCUT2D eigenvalue weighted by molar-refractivity contribution is 7.11. The number of rotatable bonds is 7. The molecule has 30 heavy (non-hydrogen) atoms. The number of benzene rings is 1. The first-order valence-electron chi connectivity index (χ1n) is 9.34. The topological polar surface area (TPSA) is 101 Å². The van der Waals surface area contributed by atoms with Crippen LogP contribution in [0, 0.1) is 18.3 Å².